The van der Waals surface area contributed by atoms with Crippen LogP contribution >= 0.6 is 11.8 Å². The molecule has 0 fully saturated rings. The van der Waals surface area contributed by atoms with Crippen molar-refractivity contribution in [3.8, 4) is 23.0 Å². The second-order valence-corrected chi connectivity index (χ2v) is 10.8. The maximum Gasteiger partial charge on any atom is 0.271 e. The first kappa shape index (κ1) is 27.8. The lowest BCUT2D eigenvalue weighted by molar-refractivity contribution is -0.141. The monoisotopic (exact) mass is 559 g/mol. The minimum absolute atomic E-state index is 0.0224. The molecule has 7 nitrogen and oxygen atoms in total. The SMILES string of the molecule is CCCCSc1ccc(-c2nn(-c3ccccc3)cc2/C=C2/C(=O)N(Cc3cccnc3)C(=O)C(C#N)=C2C)cc1. The van der Waals surface area contributed by atoms with Gasteiger partial charge in [0.2, 0.25) is 0 Å². The molecule has 0 aliphatic carbocycles. The number of carbonyl (C=O) groups excluding carboxylic acids is 2. The van der Waals surface area contributed by atoms with E-state index in [2.05, 4.69) is 24.0 Å². The van der Waals surface area contributed by atoms with Gasteiger partial charge in [-0.25, -0.2) is 4.68 Å². The maximum atomic E-state index is 13.8. The van der Waals surface area contributed by atoms with E-state index in [4.69, 9.17) is 5.10 Å². The predicted octanol–water partition coefficient (Wildman–Crippen LogP) is 6.62. The summed E-state index contributed by atoms with van der Waals surface area (Å²) < 4.78 is 1.78. The maximum absolute atomic E-state index is 13.8. The zero-order chi connectivity index (χ0) is 28.8. The van der Waals surface area contributed by atoms with Gasteiger partial charge in [0.05, 0.1) is 17.9 Å². The molecule has 3 heterocycles. The minimum Gasteiger partial charge on any atom is -0.269 e. The number of nitriles is 1. The summed E-state index contributed by atoms with van der Waals surface area (Å²) in [6, 6.07) is 23.6. The molecule has 0 N–H and O–H groups in total. The number of amides is 2. The number of unbranched alkanes of at least 4 members (excludes halogenated alkanes) is 1. The number of imide groups is 1. The van der Waals surface area contributed by atoms with E-state index in [1.807, 2.05) is 66.5 Å². The number of rotatable bonds is 9. The Kier molecular flexibility index (Phi) is 8.56. The standard InChI is InChI=1S/C33H29N5O2S/c1-3-4-17-41-28-14-12-25(13-15-28)31-26(22-38(36-31)27-10-6-5-7-11-27)18-29-23(2)30(19-34)33(40)37(32(29)39)21-24-9-8-16-35-20-24/h5-16,18,20,22H,3-4,17,21H2,1-2H3/b29-18+. The van der Waals surface area contributed by atoms with E-state index >= 15 is 0 Å². The van der Waals surface area contributed by atoms with Crippen molar-refractivity contribution in [2.75, 3.05) is 5.75 Å². The molecule has 0 saturated heterocycles. The fraction of sp³-hybridized carbons (Fsp3) is 0.182. The van der Waals surface area contributed by atoms with Crippen molar-refractivity contribution in [1.29, 1.82) is 5.26 Å². The molecular formula is C33H29N5O2S. The van der Waals surface area contributed by atoms with Crippen LogP contribution in [0.4, 0.5) is 0 Å². The van der Waals surface area contributed by atoms with E-state index in [9.17, 15) is 14.9 Å². The molecule has 0 atom stereocenters. The van der Waals surface area contributed by atoms with Crippen LogP contribution in [0, 0.1) is 11.3 Å². The average Bonchev–Trinajstić information content (AvgIpc) is 3.43. The highest BCUT2D eigenvalue weighted by Gasteiger charge is 2.35. The van der Waals surface area contributed by atoms with Gasteiger partial charge in [-0.2, -0.15) is 10.4 Å². The van der Waals surface area contributed by atoms with Gasteiger partial charge >= 0.3 is 0 Å². The second-order valence-electron chi connectivity index (χ2n) is 9.67. The lowest BCUT2D eigenvalue weighted by atomic mass is 9.93. The Hall–Kier alpha value is -4.74. The second kappa shape index (κ2) is 12.6. The Morgan fingerprint density at radius 2 is 1.78 bits per heavy atom. The average molecular weight is 560 g/mol. The molecule has 1 aliphatic heterocycles. The van der Waals surface area contributed by atoms with Crippen molar-refractivity contribution in [1.82, 2.24) is 19.7 Å². The van der Waals surface area contributed by atoms with Crippen molar-refractivity contribution in [2.45, 2.75) is 38.1 Å². The number of pyridine rings is 1. The first-order chi connectivity index (χ1) is 20.0. The van der Waals surface area contributed by atoms with Gasteiger partial charge in [-0.3, -0.25) is 19.5 Å². The molecule has 0 bridgehead atoms. The molecule has 5 rings (SSSR count). The van der Waals surface area contributed by atoms with Gasteiger partial charge in [-0.1, -0.05) is 49.7 Å². The zero-order valence-corrected chi connectivity index (χ0v) is 23.8. The Balaban J connectivity index is 1.59. The molecule has 204 valence electrons. The third kappa shape index (κ3) is 6.06. The number of para-hydroxylation sites is 1. The molecule has 8 heteroatoms. The van der Waals surface area contributed by atoms with E-state index in [1.165, 1.54) is 4.90 Å². The summed E-state index contributed by atoms with van der Waals surface area (Å²) in [5, 5.41) is 14.7. The fourth-order valence-corrected chi connectivity index (χ4v) is 5.57. The normalized spacial score (nSPS) is 14.6. The summed E-state index contributed by atoms with van der Waals surface area (Å²) in [5.41, 5.74) is 4.46. The molecule has 1 aliphatic rings. The number of thioether (sulfide) groups is 1. The molecule has 0 unspecified atom stereocenters. The molecule has 4 aromatic rings. The fourth-order valence-electron chi connectivity index (χ4n) is 4.58. The molecule has 0 saturated carbocycles. The smallest absolute Gasteiger partial charge is 0.269 e. The van der Waals surface area contributed by atoms with Crippen molar-refractivity contribution in [3.05, 3.63) is 113 Å². The lowest BCUT2D eigenvalue weighted by Gasteiger charge is -2.27. The quantitative estimate of drug-likeness (QED) is 0.0991. The highest BCUT2D eigenvalue weighted by molar-refractivity contribution is 7.99. The summed E-state index contributed by atoms with van der Waals surface area (Å²) in [4.78, 5) is 33.3. The van der Waals surface area contributed by atoms with Crippen molar-refractivity contribution in [3.63, 3.8) is 0 Å². The summed E-state index contributed by atoms with van der Waals surface area (Å²) >= 11 is 1.83. The third-order valence-corrected chi connectivity index (χ3v) is 7.94. The first-order valence-corrected chi connectivity index (χ1v) is 14.4. The van der Waals surface area contributed by atoms with E-state index in [0.29, 0.717) is 22.4 Å². The van der Waals surface area contributed by atoms with E-state index in [0.717, 1.165) is 34.7 Å². The van der Waals surface area contributed by atoms with Crippen LogP contribution in [-0.2, 0) is 16.1 Å². The van der Waals surface area contributed by atoms with Gasteiger partial charge < -0.3 is 0 Å². The molecule has 41 heavy (non-hydrogen) atoms. The van der Waals surface area contributed by atoms with Gasteiger partial charge in [0.25, 0.3) is 11.8 Å². The summed E-state index contributed by atoms with van der Waals surface area (Å²) in [5.74, 6) is 0.00257. The highest BCUT2D eigenvalue weighted by Crippen LogP contribution is 2.32. The Morgan fingerprint density at radius 1 is 1.00 bits per heavy atom. The molecule has 2 aromatic heterocycles. The van der Waals surface area contributed by atoms with E-state index < -0.39 is 11.8 Å². The van der Waals surface area contributed by atoms with Crippen LogP contribution in [0.3, 0.4) is 0 Å². The number of hydrogen-bond donors (Lipinski definition) is 0. The van der Waals surface area contributed by atoms with Crippen LogP contribution in [0.2, 0.25) is 0 Å². The zero-order valence-electron chi connectivity index (χ0n) is 22.9. The number of hydrogen-bond acceptors (Lipinski definition) is 6. The number of carbonyl (C=O) groups is 2. The topological polar surface area (TPSA) is 91.9 Å². The Morgan fingerprint density at radius 3 is 2.46 bits per heavy atom. The van der Waals surface area contributed by atoms with Crippen LogP contribution in [-0.4, -0.2) is 37.2 Å². The molecule has 2 aromatic carbocycles. The highest BCUT2D eigenvalue weighted by atomic mass is 32.2. The van der Waals surface area contributed by atoms with Crippen LogP contribution in [0.5, 0.6) is 0 Å². The third-order valence-electron chi connectivity index (χ3n) is 6.85. The lowest BCUT2D eigenvalue weighted by Crippen LogP contribution is -2.42. The van der Waals surface area contributed by atoms with Gasteiger partial charge in [0.1, 0.15) is 11.6 Å². The van der Waals surface area contributed by atoms with E-state index in [-0.39, 0.29) is 17.7 Å². The molecule has 2 amide bonds. The van der Waals surface area contributed by atoms with E-state index in [1.54, 1.807) is 42.2 Å². The number of aromatic nitrogens is 3. The summed E-state index contributed by atoms with van der Waals surface area (Å²) in [6.45, 7) is 3.85. The summed E-state index contributed by atoms with van der Waals surface area (Å²) in [7, 11) is 0. The molecular weight excluding hydrogens is 530 g/mol. The van der Waals surface area contributed by atoms with Crippen LogP contribution < -0.4 is 0 Å². The largest absolute Gasteiger partial charge is 0.271 e. The van der Waals surface area contributed by atoms with Gasteiger partial charge in [-0.15, -0.1) is 11.8 Å². The predicted molar refractivity (Wildman–Crippen MR) is 161 cm³/mol. The number of nitrogens with zero attached hydrogens (tertiary/aromatic N) is 5. The minimum atomic E-state index is -0.604. The van der Waals surface area contributed by atoms with Crippen LogP contribution in [0.1, 0.15) is 37.8 Å². The number of benzene rings is 2. The van der Waals surface area contributed by atoms with Gasteiger partial charge in [-0.05, 0) is 66.6 Å². The molecule has 0 spiro atoms. The van der Waals surface area contributed by atoms with Crippen molar-refractivity contribution >= 4 is 29.7 Å². The Bertz CT molecular complexity index is 1670. The van der Waals surface area contributed by atoms with Gasteiger partial charge in [0, 0.05) is 40.2 Å². The van der Waals surface area contributed by atoms with Crippen LogP contribution in [0.15, 0.2) is 107 Å². The van der Waals surface area contributed by atoms with Crippen molar-refractivity contribution < 1.29 is 9.59 Å². The molecule has 0 radical (unpaired) electrons. The van der Waals surface area contributed by atoms with Gasteiger partial charge in [0.15, 0.2) is 0 Å². The summed E-state index contributed by atoms with van der Waals surface area (Å²) in [6.07, 6.45) is 9.16. The first-order valence-electron chi connectivity index (χ1n) is 13.5. The van der Waals surface area contributed by atoms with Crippen LogP contribution in [0.25, 0.3) is 23.0 Å². The van der Waals surface area contributed by atoms with Crippen molar-refractivity contribution in [2.24, 2.45) is 0 Å². The Labute approximate surface area is 243 Å².